The Bertz CT molecular complexity index is 1410. The Hall–Kier alpha value is -3.85. The van der Waals surface area contributed by atoms with Crippen LogP contribution in [0.2, 0.25) is 5.02 Å². The van der Waals surface area contributed by atoms with Gasteiger partial charge in [-0.3, -0.25) is 9.59 Å². The van der Waals surface area contributed by atoms with E-state index in [0.717, 1.165) is 23.3 Å². The van der Waals surface area contributed by atoms with Crippen LogP contribution >= 0.6 is 11.6 Å². The summed E-state index contributed by atoms with van der Waals surface area (Å²) >= 11 is 6.47. The molecule has 0 fully saturated rings. The zero-order chi connectivity index (χ0) is 27.0. The lowest BCUT2D eigenvalue weighted by Gasteiger charge is -2.32. The van der Waals surface area contributed by atoms with E-state index < -0.39 is 29.3 Å². The van der Waals surface area contributed by atoms with Gasteiger partial charge in [-0.1, -0.05) is 41.9 Å². The second kappa shape index (κ2) is 9.89. The first-order valence-electron chi connectivity index (χ1n) is 11.3. The fourth-order valence-electron chi connectivity index (χ4n) is 4.27. The molecule has 3 aromatic carbocycles. The molecule has 10 heteroatoms. The van der Waals surface area contributed by atoms with Crippen molar-refractivity contribution in [3.8, 4) is 11.1 Å². The number of carbonyl (C=O) groups is 3. The highest BCUT2D eigenvalue weighted by molar-refractivity contribution is 6.33. The number of esters is 1. The zero-order valence-corrected chi connectivity index (χ0v) is 20.6. The molecule has 3 aromatic rings. The van der Waals surface area contributed by atoms with Crippen LogP contribution in [-0.2, 0) is 22.1 Å². The molecular formula is C27H22ClF3N2O4. The summed E-state index contributed by atoms with van der Waals surface area (Å²) in [6, 6.07) is 13.7. The third-order valence-corrected chi connectivity index (χ3v) is 6.37. The molecule has 1 aliphatic carbocycles. The van der Waals surface area contributed by atoms with Crippen molar-refractivity contribution in [2.45, 2.75) is 38.5 Å². The van der Waals surface area contributed by atoms with Crippen molar-refractivity contribution < 1.29 is 32.3 Å². The molecule has 2 N–H and O–H groups in total. The molecule has 1 aliphatic rings. The summed E-state index contributed by atoms with van der Waals surface area (Å²) in [6.45, 7) is 2.88. The van der Waals surface area contributed by atoms with Crippen LogP contribution in [0.5, 0.6) is 0 Å². The Labute approximate surface area is 215 Å². The van der Waals surface area contributed by atoms with E-state index in [1.165, 1.54) is 25.1 Å². The molecule has 0 aromatic heterocycles. The minimum Gasteiger partial charge on any atom is -0.451 e. The molecule has 0 radical (unpaired) electrons. The summed E-state index contributed by atoms with van der Waals surface area (Å²) in [6.07, 6.45) is -3.63. The normalized spacial score (nSPS) is 17.1. The molecule has 0 spiro atoms. The quantitative estimate of drug-likeness (QED) is 0.352. The van der Waals surface area contributed by atoms with Gasteiger partial charge in [0.2, 0.25) is 5.78 Å². The van der Waals surface area contributed by atoms with Crippen LogP contribution in [0.15, 0.2) is 60.7 Å². The minimum atomic E-state index is -4.52. The molecule has 0 saturated carbocycles. The number of aryl methyl sites for hydroxylation is 1. The topological polar surface area (TPSA) is 84.5 Å². The average molecular weight is 531 g/mol. The number of urea groups is 1. The number of fused-ring (bicyclic) bond motifs is 1. The van der Waals surface area contributed by atoms with Gasteiger partial charge in [-0.2, -0.15) is 13.2 Å². The van der Waals surface area contributed by atoms with E-state index in [0.29, 0.717) is 34.7 Å². The van der Waals surface area contributed by atoms with Crippen molar-refractivity contribution in [1.29, 1.82) is 0 Å². The number of ketones is 1. The van der Waals surface area contributed by atoms with Gasteiger partial charge in [0.05, 0.1) is 10.6 Å². The van der Waals surface area contributed by atoms with Crippen molar-refractivity contribution in [2.75, 3.05) is 10.6 Å². The average Bonchev–Trinajstić information content (AvgIpc) is 2.81. The maximum Gasteiger partial charge on any atom is 0.416 e. The summed E-state index contributed by atoms with van der Waals surface area (Å²) in [5.41, 5.74) is 0.972. The number of hydrogen-bond donors (Lipinski definition) is 2. The second-order valence-electron chi connectivity index (χ2n) is 8.88. The van der Waals surface area contributed by atoms with Gasteiger partial charge in [0.1, 0.15) is 0 Å². The number of ether oxygens (including phenoxy) is 1. The van der Waals surface area contributed by atoms with Gasteiger partial charge >= 0.3 is 18.2 Å². The number of alkyl halides is 3. The Kier molecular flexibility index (Phi) is 7.01. The van der Waals surface area contributed by atoms with Gasteiger partial charge in [0.25, 0.3) is 0 Å². The summed E-state index contributed by atoms with van der Waals surface area (Å²) in [5, 5.41) is 5.24. The highest BCUT2D eigenvalue weighted by Gasteiger charge is 2.41. The SMILES string of the molecule is CC(=O)OC1(C)CCc2cc(-c3ccc(NC(=O)Nc4cccc(C(F)(F)F)c4)cc3Cl)ccc2C1=O. The van der Waals surface area contributed by atoms with E-state index >= 15 is 0 Å². The van der Waals surface area contributed by atoms with Crippen molar-refractivity contribution in [2.24, 2.45) is 0 Å². The van der Waals surface area contributed by atoms with Gasteiger partial charge in [-0.05, 0) is 61.2 Å². The smallest absolute Gasteiger partial charge is 0.416 e. The van der Waals surface area contributed by atoms with Crippen LogP contribution in [-0.4, -0.2) is 23.4 Å². The zero-order valence-electron chi connectivity index (χ0n) is 19.8. The van der Waals surface area contributed by atoms with E-state index in [2.05, 4.69) is 10.6 Å². The van der Waals surface area contributed by atoms with Gasteiger partial charge in [-0.25, -0.2) is 4.79 Å². The van der Waals surface area contributed by atoms with Crippen LogP contribution in [0.3, 0.4) is 0 Å². The molecule has 0 bridgehead atoms. The van der Waals surface area contributed by atoms with Crippen molar-refractivity contribution in [3.05, 3.63) is 82.4 Å². The number of rotatable bonds is 4. The Balaban J connectivity index is 1.48. The second-order valence-corrected chi connectivity index (χ2v) is 9.29. The van der Waals surface area contributed by atoms with E-state index in [-0.39, 0.29) is 11.5 Å². The fourth-order valence-corrected chi connectivity index (χ4v) is 4.56. The molecule has 0 aliphatic heterocycles. The first-order valence-corrected chi connectivity index (χ1v) is 11.7. The number of anilines is 2. The molecule has 1 atom stereocenters. The lowest BCUT2D eigenvalue weighted by Crippen LogP contribution is -2.43. The predicted molar refractivity (Wildman–Crippen MR) is 134 cm³/mol. The summed E-state index contributed by atoms with van der Waals surface area (Å²) in [4.78, 5) is 36.7. The Morgan fingerprint density at radius 1 is 0.973 bits per heavy atom. The highest BCUT2D eigenvalue weighted by Crippen LogP contribution is 2.36. The van der Waals surface area contributed by atoms with Crippen LogP contribution in [0, 0.1) is 0 Å². The Morgan fingerprint density at radius 3 is 2.30 bits per heavy atom. The highest BCUT2D eigenvalue weighted by atomic mass is 35.5. The third kappa shape index (κ3) is 5.77. The first-order chi connectivity index (χ1) is 17.4. The number of benzene rings is 3. The molecule has 6 nitrogen and oxygen atoms in total. The largest absolute Gasteiger partial charge is 0.451 e. The van der Waals surface area contributed by atoms with E-state index in [1.807, 2.05) is 6.07 Å². The number of Topliss-reactive ketones (excluding diaryl/α,β-unsaturated/α-hetero) is 1. The van der Waals surface area contributed by atoms with E-state index in [9.17, 15) is 27.6 Å². The third-order valence-electron chi connectivity index (χ3n) is 6.06. The lowest BCUT2D eigenvalue weighted by molar-refractivity contribution is -0.151. The molecule has 4 rings (SSSR count). The van der Waals surface area contributed by atoms with Gasteiger partial charge in [0.15, 0.2) is 5.60 Å². The number of nitrogens with one attached hydrogen (secondary N) is 2. The molecular weight excluding hydrogens is 509 g/mol. The van der Waals surface area contributed by atoms with Crippen LogP contribution in [0.25, 0.3) is 11.1 Å². The molecule has 192 valence electrons. The fraction of sp³-hybridized carbons (Fsp3) is 0.222. The number of carbonyl (C=O) groups excluding carboxylic acids is 3. The van der Waals surface area contributed by atoms with Crippen molar-refractivity contribution in [1.82, 2.24) is 0 Å². The molecule has 0 heterocycles. The summed E-state index contributed by atoms with van der Waals surface area (Å²) < 4.78 is 44.0. The van der Waals surface area contributed by atoms with Crippen molar-refractivity contribution in [3.63, 3.8) is 0 Å². The van der Waals surface area contributed by atoms with Gasteiger partial charge in [-0.15, -0.1) is 0 Å². The maximum absolute atomic E-state index is 12.9. The maximum atomic E-state index is 12.9. The molecule has 1 unspecified atom stereocenters. The summed E-state index contributed by atoms with van der Waals surface area (Å²) in [7, 11) is 0. The van der Waals surface area contributed by atoms with Gasteiger partial charge in [0, 0.05) is 29.4 Å². The minimum absolute atomic E-state index is 0.0107. The van der Waals surface area contributed by atoms with E-state index in [4.69, 9.17) is 16.3 Å². The number of hydrogen-bond acceptors (Lipinski definition) is 4. The monoisotopic (exact) mass is 530 g/mol. The molecule has 0 saturated heterocycles. The molecule has 2 amide bonds. The number of amides is 2. The first kappa shape index (κ1) is 26.2. The van der Waals surface area contributed by atoms with Crippen LogP contribution in [0.1, 0.15) is 41.8 Å². The summed E-state index contributed by atoms with van der Waals surface area (Å²) in [5.74, 6) is -0.771. The van der Waals surface area contributed by atoms with Crippen LogP contribution in [0.4, 0.5) is 29.3 Å². The predicted octanol–water partition coefficient (Wildman–Crippen LogP) is 7.12. The molecule has 37 heavy (non-hydrogen) atoms. The van der Waals surface area contributed by atoms with E-state index in [1.54, 1.807) is 31.2 Å². The van der Waals surface area contributed by atoms with Crippen LogP contribution < -0.4 is 10.6 Å². The number of halogens is 4. The standard InChI is InChI=1S/C27H22ClF3N2O4/c1-15(34)37-26(2)11-10-17-12-16(6-8-22(17)24(26)35)21-9-7-20(14-23(21)28)33-25(36)32-19-5-3-4-18(13-19)27(29,30)31/h3-9,12-14H,10-11H2,1-2H3,(H2,32,33,36). The lowest BCUT2D eigenvalue weighted by atomic mass is 9.79. The van der Waals surface area contributed by atoms with Crippen molar-refractivity contribution >= 4 is 40.8 Å². The van der Waals surface area contributed by atoms with Gasteiger partial charge < -0.3 is 15.4 Å². The Morgan fingerprint density at radius 2 is 1.65 bits per heavy atom.